The van der Waals surface area contributed by atoms with Crippen LogP contribution in [0.5, 0.6) is 0 Å². The van der Waals surface area contributed by atoms with Gasteiger partial charge >= 0.3 is 0 Å². The molecule has 1 amide bonds. The highest BCUT2D eigenvalue weighted by Gasteiger charge is 2.07. The molecule has 0 spiro atoms. The SMILES string of the molecule is CC(CO)CNC(=O)C(C)S. The number of aliphatic hydroxyl groups excluding tert-OH is 1. The van der Waals surface area contributed by atoms with E-state index in [1.54, 1.807) is 6.92 Å². The molecule has 0 aliphatic carbocycles. The van der Waals surface area contributed by atoms with Gasteiger partial charge in [0.05, 0.1) is 5.25 Å². The van der Waals surface area contributed by atoms with Crippen LogP contribution >= 0.6 is 12.6 Å². The normalized spacial score (nSPS) is 15.6. The largest absolute Gasteiger partial charge is 0.396 e. The number of hydrogen-bond donors (Lipinski definition) is 3. The lowest BCUT2D eigenvalue weighted by atomic mass is 10.2. The molecule has 0 saturated carbocycles. The number of amides is 1. The molecule has 2 atom stereocenters. The van der Waals surface area contributed by atoms with Crippen molar-refractivity contribution in [2.75, 3.05) is 13.2 Å². The summed E-state index contributed by atoms with van der Waals surface area (Å²) in [5.74, 6) is 0.0275. The predicted octanol–water partition coefficient (Wildman–Crippen LogP) is 0.0493. The van der Waals surface area contributed by atoms with Gasteiger partial charge < -0.3 is 10.4 Å². The van der Waals surface area contributed by atoms with E-state index >= 15 is 0 Å². The highest BCUT2D eigenvalue weighted by molar-refractivity contribution is 7.81. The van der Waals surface area contributed by atoms with Gasteiger partial charge in [-0.05, 0) is 12.8 Å². The van der Waals surface area contributed by atoms with E-state index in [-0.39, 0.29) is 23.7 Å². The maximum absolute atomic E-state index is 10.9. The van der Waals surface area contributed by atoms with Crippen molar-refractivity contribution in [2.24, 2.45) is 5.92 Å². The van der Waals surface area contributed by atoms with Crippen molar-refractivity contribution >= 4 is 18.5 Å². The Hall–Kier alpha value is -0.220. The summed E-state index contributed by atoms with van der Waals surface area (Å²) in [5, 5.41) is 11.0. The fourth-order valence-electron chi connectivity index (χ4n) is 0.487. The Kier molecular flexibility index (Phi) is 5.32. The van der Waals surface area contributed by atoms with Gasteiger partial charge in [0.1, 0.15) is 0 Å². The molecule has 66 valence electrons. The van der Waals surface area contributed by atoms with Crippen molar-refractivity contribution < 1.29 is 9.90 Å². The molecule has 0 aromatic heterocycles. The fraction of sp³-hybridized carbons (Fsp3) is 0.857. The standard InChI is InChI=1S/C7H15NO2S/c1-5(4-9)3-8-7(10)6(2)11/h5-6,9,11H,3-4H2,1-2H3,(H,8,10). The monoisotopic (exact) mass is 177 g/mol. The molecule has 0 aliphatic heterocycles. The van der Waals surface area contributed by atoms with Crippen LogP contribution in [0.1, 0.15) is 13.8 Å². The van der Waals surface area contributed by atoms with E-state index in [0.717, 1.165) is 0 Å². The van der Waals surface area contributed by atoms with Gasteiger partial charge in [0.2, 0.25) is 5.91 Å². The molecule has 2 N–H and O–H groups in total. The summed E-state index contributed by atoms with van der Waals surface area (Å²) in [6.07, 6.45) is 0. The molecule has 0 radical (unpaired) electrons. The van der Waals surface area contributed by atoms with Crippen LogP contribution in [0, 0.1) is 5.92 Å². The van der Waals surface area contributed by atoms with Gasteiger partial charge in [-0.3, -0.25) is 4.79 Å². The minimum atomic E-state index is -0.277. The lowest BCUT2D eigenvalue weighted by Crippen LogP contribution is -2.33. The highest BCUT2D eigenvalue weighted by Crippen LogP contribution is 1.93. The molecule has 0 aromatic rings. The number of carbonyl (C=O) groups is 1. The number of carbonyl (C=O) groups excluding carboxylic acids is 1. The van der Waals surface area contributed by atoms with Gasteiger partial charge in [-0.1, -0.05) is 6.92 Å². The lowest BCUT2D eigenvalue weighted by Gasteiger charge is -2.10. The Morgan fingerprint density at radius 2 is 2.18 bits per heavy atom. The van der Waals surface area contributed by atoms with Crippen molar-refractivity contribution in [2.45, 2.75) is 19.1 Å². The molecule has 0 fully saturated rings. The summed E-state index contributed by atoms with van der Waals surface area (Å²) in [4.78, 5) is 10.9. The van der Waals surface area contributed by atoms with Crippen molar-refractivity contribution in [1.82, 2.24) is 5.32 Å². The van der Waals surface area contributed by atoms with E-state index in [1.807, 2.05) is 6.92 Å². The molecular weight excluding hydrogens is 162 g/mol. The molecule has 0 bridgehead atoms. The summed E-state index contributed by atoms with van der Waals surface area (Å²) in [6, 6.07) is 0. The number of hydrogen-bond acceptors (Lipinski definition) is 3. The first-order valence-electron chi connectivity index (χ1n) is 3.64. The van der Waals surface area contributed by atoms with Crippen LogP contribution < -0.4 is 5.32 Å². The van der Waals surface area contributed by atoms with Crippen LogP contribution in [-0.2, 0) is 4.79 Å². The fourth-order valence-corrected chi connectivity index (χ4v) is 0.578. The van der Waals surface area contributed by atoms with Crippen LogP contribution in [0.15, 0.2) is 0 Å². The smallest absolute Gasteiger partial charge is 0.232 e. The molecular formula is C7H15NO2S. The van der Waals surface area contributed by atoms with Crippen LogP contribution in [0.25, 0.3) is 0 Å². The number of nitrogens with one attached hydrogen (secondary N) is 1. The van der Waals surface area contributed by atoms with Gasteiger partial charge in [-0.25, -0.2) is 0 Å². The third-order valence-electron chi connectivity index (χ3n) is 1.32. The van der Waals surface area contributed by atoms with E-state index < -0.39 is 0 Å². The maximum atomic E-state index is 10.9. The minimum Gasteiger partial charge on any atom is -0.396 e. The first-order valence-corrected chi connectivity index (χ1v) is 4.16. The van der Waals surface area contributed by atoms with Gasteiger partial charge in [-0.2, -0.15) is 12.6 Å². The summed E-state index contributed by atoms with van der Waals surface area (Å²) in [6.45, 7) is 4.19. The molecule has 0 rings (SSSR count). The molecule has 0 heterocycles. The topological polar surface area (TPSA) is 49.3 Å². The van der Waals surface area contributed by atoms with Gasteiger partial charge in [0, 0.05) is 13.2 Å². The Morgan fingerprint density at radius 3 is 2.55 bits per heavy atom. The predicted molar refractivity (Wildman–Crippen MR) is 47.7 cm³/mol. The number of aliphatic hydroxyl groups is 1. The van der Waals surface area contributed by atoms with E-state index in [4.69, 9.17) is 5.11 Å². The Bertz CT molecular complexity index is 128. The van der Waals surface area contributed by atoms with E-state index in [1.165, 1.54) is 0 Å². The van der Waals surface area contributed by atoms with Crippen LogP contribution in [-0.4, -0.2) is 29.4 Å². The highest BCUT2D eigenvalue weighted by atomic mass is 32.1. The van der Waals surface area contributed by atoms with E-state index in [2.05, 4.69) is 17.9 Å². The zero-order valence-electron chi connectivity index (χ0n) is 6.87. The lowest BCUT2D eigenvalue weighted by molar-refractivity contribution is -0.120. The Labute approximate surface area is 72.6 Å². The van der Waals surface area contributed by atoms with Gasteiger partial charge in [0.25, 0.3) is 0 Å². The molecule has 4 heteroatoms. The molecule has 0 aromatic carbocycles. The molecule has 0 saturated heterocycles. The summed E-state index contributed by atoms with van der Waals surface area (Å²) in [5.41, 5.74) is 0. The van der Waals surface area contributed by atoms with Crippen LogP contribution in [0.3, 0.4) is 0 Å². The third kappa shape index (κ3) is 5.09. The van der Waals surface area contributed by atoms with E-state index in [0.29, 0.717) is 6.54 Å². The second-order valence-corrected chi connectivity index (χ2v) is 3.48. The molecule has 3 nitrogen and oxygen atoms in total. The summed E-state index contributed by atoms with van der Waals surface area (Å²) in [7, 11) is 0. The van der Waals surface area contributed by atoms with Crippen molar-refractivity contribution in [3.8, 4) is 0 Å². The third-order valence-corrected chi connectivity index (χ3v) is 1.55. The van der Waals surface area contributed by atoms with Gasteiger partial charge in [-0.15, -0.1) is 0 Å². The number of rotatable bonds is 4. The molecule has 0 aliphatic rings. The summed E-state index contributed by atoms with van der Waals surface area (Å²) >= 11 is 3.95. The summed E-state index contributed by atoms with van der Waals surface area (Å²) < 4.78 is 0. The van der Waals surface area contributed by atoms with Crippen molar-refractivity contribution in [3.63, 3.8) is 0 Å². The molecule has 11 heavy (non-hydrogen) atoms. The second kappa shape index (κ2) is 5.43. The first-order chi connectivity index (χ1) is 5.07. The molecule has 2 unspecified atom stereocenters. The minimum absolute atomic E-state index is 0.0892. The number of thiol groups is 1. The second-order valence-electron chi connectivity index (χ2n) is 2.71. The average molecular weight is 177 g/mol. The average Bonchev–Trinajstić information content (AvgIpc) is 1.99. The first kappa shape index (κ1) is 10.8. The van der Waals surface area contributed by atoms with Crippen molar-refractivity contribution in [3.05, 3.63) is 0 Å². The Morgan fingerprint density at radius 1 is 1.64 bits per heavy atom. The van der Waals surface area contributed by atoms with Crippen LogP contribution in [0.2, 0.25) is 0 Å². The van der Waals surface area contributed by atoms with Gasteiger partial charge in [0.15, 0.2) is 0 Å². The zero-order valence-corrected chi connectivity index (χ0v) is 7.77. The van der Waals surface area contributed by atoms with Crippen molar-refractivity contribution in [1.29, 1.82) is 0 Å². The van der Waals surface area contributed by atoms with E-state index in [9.17, 15) is 4.79 Å². The maximum Gasteiger partial charge on any atom is 0.232 e. The Balaban J connectivity index is 3.46. The van der Waals surface area contributed by atoms with Crippen LogP contribution in [0.4, 0.5) is 0 Å². The zero-order chi connectivity index (χ0) is 8.85. The quantitative estimate of drug-likeness (QED) is 0.531.